The second-order valence-electron chi connectivity index (χ2n) is 4.12. The molecule has 1 aliphatic rings. The van der Waals surface area contributed by atoms with Crippen LogP contribution in [0, 0.1) is 11.8 Å². The normalized spacial score (nSPS) is 24.3. The van der Waals surface area contributed by atoms with Gasteiger partial charge in [0.15, 0.2) is 0 Å². The van der Waals surface area contributed by atoms with E-state index in [2.05, 4.69) is 5.32 Å². The number of carboxylic acid groups (broad SMARTS) is 1. The van der Waals surface area contributed by atoms with E-state index in [-0.39, 0.29) is 11.8 Å². The quantitative estimate of drug-likeness (QED) is 0.693. The van der Waals surface area contributed by atoms with E-state index in [1.165, 1.54) is 0 Å². The van der Waals surface area contributed by atoms with Crippen LogP contribution in [0.15, 0.2) is 0 Å². The van der Waals surface area contributed by atoms with Gasteiger partial charge >= 0.3 is 5.97 Å². The van der Waals surface area contributed by atoms with Gasteiger partial charge in [-0.05, 0) is 31.3 Å². The van der Waals surface area contributed by atoms with Crippen molar-refractivity contribution in [1.29, 1.82) is 0 Å². The smallest absolute Gasteiger partial charge is 0.307 e. The van der Waals surface area contributed by atoms with E-state index in [4.69, 9.17) is 5.11 Å². The highest BCUT2D eigenvalue weighted by atomic mass is 32.2. The predicted octanol–water partition coefficient (Wildman–Crippen LogP) is 1.36. The van der Waals surface area contributed by atoms with Crippen molar-refractivity contribution in [3.05, 3.63) is 0 Å². The summed E-state index contributed by atoms with van der Waals surface area (Å²) in [5.74, 6) is -0.673. The molecule has 1 rings (SSSR count). The van der Waals surface area contributed by atoms with Crippen LogP contribution >= 0.6 is 11.8 Å². The third-order valence-corrected chi connectivity index (χ3v) is 3.69. The molecule has 5 heteroatoms. The van der Waals surface area contributed by atoms with Gasteiger partial charge in [0.25, 0.3) is 0 Å². The van der Waals surface area contributed by atoms with Gasteiger partial charge in [0, 0.05) is 6.54 Å². The number of carbonyl (C=O) groups excluding carboxylic acids is 1. The second-order valence-corrected chi connectivity index (χ2v) is 5.11. The van der Waals surface area contributed by atoms with Crippen LogP contribution in [0.3, 0.4) is 0 Å². The summed E-state index contributed by atoms with van der Waals surface area (Å²) in [6.45, 7) is 0.655. The van der Waals surface area contributed by atoms with Gasteiger partial charge in [-0.2, -0.15) is 11.8 Å². The minimum Gasteiger partial charge on any atom is -0.481 e. The summed E-state index contributed by atoms with van der Waals surface area (Å²) < 4.78 is 0. The van der Waals surface area contributed by atoms with Crippen molar-refractivity contribution < 1.29 is 14.7 Å². The first-order chi connectivity index (χ1) is 7.66. The van der Waals surface area contributed by atoms with Gasteiger partial charge in [-0.15, -0.1) is 0 Å². The zero-order valence-electron chi connectivity index (χ0n) is 9.57. The molecule has 2 atom stereocenters. The Morgan fingerprint density at radius 1 is 1.38 bits per heavy atom. The van der Waals surface area contributed by atoms with Gasteiger partial charge in [0.1, 0.15) is 0 Å². The standard InChI is InChI=1S/C11H19NO3S/c1-16-7-3-6-12-10(13)8-4-2-5-9(8)11(14)15/h8-9H,2-7H2,1H3,(H,12,13)(H,14,15)/t8-,9+/m1/s1. The summed E-state index contributed by atoms with van der Waals surface area (Å²) in [5, 5.41) is 11.8. The Morgan fingerprint density at radius 2 is 2.06 bits per heavy atom. The van der Waals surface area contributed by atoms with Crippen molar-refractivity contribution >= 4 is 23.6 Å². The summed E-state index contributed by atoms with van der Waals surface area (Å²) in [6, 6.07) is 0. The molecule has 1 amide bonds. The Balaban J connectivity index is 2.32. The van der Waals surface area contributed by atoms with E-state index in [0.717, 1.165) is 18.6 Å². The lowest BCUT2D eigenvalue weighted by molar-refractivity contribution is -0.146. The van der Waals surface area contributed by atoms with Crippen molar-refractivity contribution in [3.63, 3.8) is 0 Å². The van der Waals surface area contributed by atoms with Crippen molar-refractivity contribution in [2.45, 2.75) is 25.7 Å². The van der Waals surface area contributed by atoms with Crippen LogP contribution in [0.25, 0.3) is 0 Å². The zero-order chi connectivity index (χ0) is 12.0. The Hall–Kier alpha value is -0.710. The molecular formula is C11H19NO3S. The van der Waals surface area contributed by atoms with E-state index in [9.17, 15) is 9.59 Å². The molecule has 0 heterocycles. The number of carboxylic acids is 1. The first kappa shape index (κ1) is 13.4. The predicted molar refractivity (Wildman–Crippen MR) is 64.5 cm³/mol. The van der Waals surface area contributed by atoms with Gasteiger partial charge in [0.05, 0.1) is 11.8 Å². The van der Waals surface area contributed by atoms with Gasteiger partial charge in [0.2, 0.25) is 5.91 Å². The Kier molecular flexibility index (Phi) is 5.66. The summed E-state index contributed by atoms with van der Waals surface area (Å²) >= 11 is 1.75. The highest BCUT2D eigenvalue weighted by molar-refractivity contribution is 7.98. The molecule has 92 valence electrons. The lowest BCUT2D eigenvalue weighted by atomic mass is 9.95. The van der Waals surface area contributed by atoms with Crippen LogP contribution in [0.5, 0.6) is 0 Å². The molecule has 1 aliphatic carbocycles. The highest BCUT2D eigenvalue weighted by Crippen LogP contribution is 2.31. The molecule has 2 N–H and O–H groups in total. The minimum absolute atomic E-state index is 0.0778. The molecule has 1 saturated carbocycles. The van der Waals surface area contributed by atoms with Crippen molar-refractivity contribution in [2.75, 3.05) is 18.6 Å². The molecule has 0 spiro atoms. The third-order valence-electron chi connectivity index (χ3n) is 2.99. The maximum absolute atomic E-state index is 11.7. The first-order valence-corrected chi connectivity index (χ1v) is 7.05. The molecule has 4 nitrogen and oxygen atoms in total. The molecule has 1 fully saturated rings. The highest BCUT2D eigenvalue weighted by Gasteiger charge is 2.37. The van der Waals surface area contributed by atoms with Crippen LogP contribution < -0.4 is 5.32 Å². The number of rotatable bonds is 6. The van der Waals surface area contributed by atoms with Gasteiger partial charge in [-0.25, -0.2) is 0 Å². The zero-order valence-corrected chi connectivity index (χ0v) is 10.4. The molecule has 0 radical (unpaired) electrons. The average molecular weight is 245 g/mol. The fourth-order valence-electron chi connectivity index (χ4n) is 2.13. The van der Waals surface area contributed by atoms with E-state index >= 15 is 0 Å². The number of aliphatic carboxylic acids is 1. The van der Waals surface area contributed by atoms with Gasteiger partial charge in [-0.3, -0.25) is 9.59 Å². The summed E-state index contributed by atoms with van der Waals surface area (Å²) in [6.07, 6.45) is 5.17. The fourth-order valence-corrected chi connectivity index (χ4v) is 2.56. The Morgan fingerprint density at radius 3 is 2.69 bits per heavy atom. The summed E-state index contributed by atoms with van der Waals surface area (Å²) in [5.41, 5.74) is 0. The molecule has 0 unspecified atom stereocenters. The molecule has 0 aromatic carbocycles. The fraction of sp³-hybridized carbons (Fsp3) is 0.818. The van der Waals surface area contributed by atoms with Crippen molar-refractivity contribution in [2.24, 2.45) is 11.8 Å². The van der Waals surface area contributed by atoms with Gasteiger partial charge < -0.3 is 10.4 Å². The molecule has 0 aromatic heterocycles. The maximum Gasteiger partial charge on any atom is 0.307 e. The van der Waals surface area contributed by atoms with E-state index in [1.807, 2.05) is 6.26 Å². The van der Waals surface area contributed by atoms with Crippen LogP contribution in [0.1, 0.15) is 25.7 Å². The van der Waals surface area contributed by atoms with Crippen LogP contribution in [0.4, 0.5) is 0 Å². The molecule has 0 aliphatic heterocycles. The second kappa shape index (κ2) is 6.78. The minimum atomic E-state index is -0.832. The molecule has 16 heavy (non-hydrogen) atoms. The maximum atomic E-state index is 11.7. The van der Waals surface area contributed by atoms with E-state index < -0.39 is 11.9 Å². The van der Waals surface area contributed by atoms with Crippen LogP contribution in [0.2, 0.25) is 0 Å². The van der Waals surface area contributed by atoms with Crippen LogP contribution in [-0.2, 0) is 9.59 Å². The number of thioether (sulfide) groups is 1. The number of nitrogens with one attached hydrogen (secondary N) is 1. The molecular weight excluding hydrogens is 226 g/mol. The lowest BCUT2D eigenvalue weighted by Crippen LogP contribution is -2.35. The molecule has 0 bridgehead atoms. The number of hydrogen-bond acceptors (Lipinski definition) is 3. The first-order valence-electron chi connectivity index (χ1n) is 5.66. The Labute approximate surface area is 100 Å². The number of carbonyl (C=O) groups is 2. The van der Waals surface area contributed by atoms with E-state index in [0.29, 0.717) is 19.4 Å². The van der Waals surface area contributed by atoms with Crippen LogP contribution in [-0.4, -0.2) is 35.5 Å². The van der Waals surface area contributed by atoms with E-state index in [1.54, 1.807) is 11.8 Å². The van der Waals surface area contributed by atoms with Crippen molar-refractivity contribution in [3.8, 4) is 0 Å². The number of hydrogen-bond donors (Lipinski definition) is 2. The topological polar surface area (TPSA) is 66.4 Å². The number of amides is 1. The molecule has 0 saturated heterocycles. The summed E-state index contributed by atoms with van der Waals surface area (Å²) in [4.78, 5) is 22.7. The largest absolute Gasteiger partial charge is 0.481 e. The van der Waals surface area contributed by atoms with Crippen molar-refractivity contribution in [1.82, 2.24) is 5.32 Å². The molecule has 0 aromatic rings. The summed E-state index contributed by atoms with van der Waals surface area (Å²) in [7, 11) is 0. The van der Waals surface area contributed by atoms with Gasteiger partial charge in [-0.1, -0.05) is 6.42 Å². The third kappa shape index (κ3) is 3.70. The lowest BCUT2D eigenvalue weighted by Gasteiger charge is -2.15. The average Bonchev–Trinajstić information content (AvgIpc) is 2.73. The monoisotopic (exact) mass is 245 g/mol. The SMILES string of the molecule is CSCCCNC(=O)[C@@H]1CCC[C@@H]1C(=O)O. The Bertz CT molecular complexity index is 258.